The molecule has 4 nitrogen and oxygen atoms in total. The highest BCUT2D eigenvalue weighted by Crippen LogP contribution is 2.24. The van der Waals surface area contributed by atoms with Gasteiger partial charge in [0.1, 0.15) is 5.75 Å². The zero-order valence-electron chi connectivity index (χ0n) is 16.3. The molecule has 0 saturated heterocycles. The van der Waals surface area contributed by atoms with E-state index in [9.17, 15) is 4.79 Å². The van der Waals surface area contributed by atoms with Crippen LogP contribution in [0.2, 0.25) is 0 Å². The van der Waals surface area contributed by atoms with Crippen molar-refractivity contribution < 1.29 is 9.53 Å². The summed E-state index contributed by atoms with van der Waals surface area (Å²) in [6.07, 6.45) is 3.97. The van der Waals surface area contributed by atoms with Crippen molar-refractivity contribution in [3.63, 3.8) is 0 Å². The van der Waals surface area contributed by atoms with Gasteiger partial charge in [-0.25, -0.2) is 4.98 Å². The SMILES string of the molecule is CCCCC#CCCOc1cccc(N(C)C(=O)c2ccc3ncsc3c2)c1. The summed E-state index contributed by atoms with van der Waals surface area (Å²) in [7, 11) is 1.78. The van der Waals surface area contributed by atoms with Gasteiger partial charge in [-0.3, -0.25) is 4.79 Å². The summed E-state index contributed by atoms with van der Waals surface area (Å²) in [5.41, 5.74) is 4.14. The Balaban J connectivity index is 1.61. The molecular weight excluding hydrogens is 368 g/mol. The summed E-state index contributed by atoms with van der Waals surface area (Å²) in [6.45, 7) is 2.71. The van der Waals surface area contributed by atoms with Crippen LogP contribution in [0.25, 0.3) is 10.2 Å². The Morgan fingerprint density at radius 1 is 1.18 bits per heavy atom. The molecule has 0 aliphatic rings. The van der Waals surface area contributed by atoms with E-state index in [0.717, 1.165) is 34.5 Å². The molecule has 0 radical (unpaired) electrons. The van der Waals surface area contributed by atoms with Crippen LogP contribution in [-0.4, -0.2) is 24.5 Å². The molecule has 0 saturated carbocycles. The average molecular weight is 393 g/mol. The molecular formula is C23H24N2O2S. The third kappa shape index (κ3) is 5.11. The lowest BCUT2D eigenvalue weighted by atomic mass is 10.1. The number of benzene rings is 2. The van der Waals surface area contributed by atoms with E-state index in [0.29, 0.717) is 18.6 Å². The minimum absolute atomic E-state index is 0.0609. The van der Waals surface area contributed by atoms with Crippen molar-refractivity contribution in [3.05, 3.63) is 53.5 Å². The van der Waals surface area contributed by atoms with Gasteiger partial charge in [0.2, 0.25) is 0 Å². The first-order valence-electron chi connectivity index (χ1n) is 9.49. The van der Waals surface area contributed by atoms with Crippen LogP contribution in [0.1, 0.15) is 43.0 Å². The molecule has 144 valence electrons. The normalized spacial score (nSPS) is 10.4. The second-order valence-corrected chi connectivity index (χ2v) is 7.34. The van der Waals surface area contributed by atoms with Gasteiger partial charge in [0, 0.05) is 37.2 Å². The number of unbranched alkanes of at least 4 members (excludes halogenated alkanes) is 2. The van der Waals surface area contributed by atoms with Crippen LogP contribution in [0.15, 0.2) is 48.0 Å². The Hall–Kier alpha value is -2.84. The fourth-order valence-electron chi connectivity index (χ4n) is 2.74. The van der Waals surface area contributed by atoms with Crippen molar-refractivity contribution >= 4 is 33.1 Å². The second kappa shape index (κ2) is 9.91. The van der Waals surface area contributed by atoms with Gasteiger partial charge < -0.3 is 9.64 Å². The molecule has 0 aliphatic heterocycles. The molecule has 2 aromatic carbocycles. The number of amides is 1. The fourth-order valence-corrected chi connectivity index (χ4v) is 3.46. The lowest BCUT2D eigenvalue weighted by Gasteiger charge is -2.18. The zero-order chi connectivity index (χ0) is 19.8. The maximum absolute atomic E-state index is 12.9. The van der Waals surface area contributed by atoms with Crippen molar-refractivity contribution in [1.82, 2.24) is 4.98 Å². The summed E-state index contributed by atoms with van der Waals surface area (Å²) in [5, 5.41) is 0. The van der Waals surface area contributed by atoms with Crippen LogP contribution in [-0.2, 0) is 0 Å². The number of nitrogens with zero attached hydrogens (tertiary/aromatic N) is 2. The topological polar surface area (TPSA) is 42.4 Å². The molecule has 1 heterocycles. The first-order valence-corrected chi connectivity index (χ1v) is 10.4. The molecule has 28 heavy (non-hydrogen) atoms. The van der Waals surface area contributed by atoms with Crippen LogP contribution in [0, 0.1) is 11.8 Å². The summed E-state index contributed by atoms with van der Waals surface area (Å²) < 4.78 is 6.80. The smallest absolute Gasteiger partial charge is 0.258 e. The monoisotopic (exact) mass is 392 g/mol. The predicted molar refractivity (Wildman–Crippen MR) is 116 cm³/mol. The van der Waals surface area contributed by atoms with Crippen LogP contribution >= 0.6 is 11.3 Å². The number of carbonyl (C=O) groups excluding carboxylic acids is 1. The highest BCUT2D eigenvalue weighted by atomic mass is 32.1. The molecule has 1 amide bonds. The summed E-state index contributed by atoms with van der Waals surface area (Å²) in [5.74, 6) is 6.98. The Labute approximate surface area is 170 Å². The van der Waals surface area contributed by atoms with Crippen molar-refractivity contribution in [2.75, 3.05) is 18.6 Å². The summed E-state index contributed by atoms with van der Waals surface area (Å²) in [4.78, 5) is 18.8. The van der Waals surface area contributed by atoms with Gasteiger partial charge in [0.05, 0.1) is 22.3 Å². The van der Waals surface area contributed by atoms with Crippen molar-refractivity contribution in [1.29, 1.82) is 0 Å². The quantitative estimate of drug-likeness (QED) is 0.392. The molecule has 0 bridgehead atoms. The lowest BCUT2D eigenvalue weighted by Crippen LogP contribution is -2.26. The third-order valence-corrected chi connectivity index (χ3v) is 5.16. The largest absolute Gasteiger partial charge is 0.493 e. The van der Waals surface area contributed by atoms with Crippen LogP contribution < -0.4 is 9.64 Å². The van der Waals surface area contributed by atoms with E-state index in [2.05, 4.69) is 23.7 Å². The molecule has 0 atom stereocenters. The summed E-state index contributed by atoms with van der Waals surface area (Å²) in [6, 6.07) is 13.2. The summed E-state index contributed by atoms with van der Waals surface area (Å²) >= 11 is 1.53. The minimum atomic E-state index is -0.0609. The first-order chi connectivity index (χ1) is 13.7. The van der Waals surface area contributed by atoms with Gasteiger partial charge in [-0.1, -0.05) is 25.3 Å². The first kappa shape index (κ1) is 19.9. The van der Waals surface area contributed by atoms with Crippen LogP contribution in [0.4, 0.5) is 5.69 Å². The molecule has 3 rings (SSSR count). The molecule has 0 aliphatic carbocycles. The van der Waals surface area contributed by atoms with Crippen LogP contribution in [0.3, 0.4) is 0 Å². The Bertz CT molecular complexity index is 1000. The fraction of sp³-hybridized carbons (Fsp3) is 0.304. The van der Waals surface area contributed by atoms with Gasteiger partial charge in [-0.15, -0.1) is 17.3 Å². The maximum Gasteiger partial charge on any atom is 0.258 e. The van der Waals surface area contributed by atoms with Gasteiger partial charge in [-0.2, -0.15) is 0 Å². The predicted octanol–water partition coefficient (Wildman–Crippen LogP) is 5.54. The Morgan fingerprint density at radius 2 is 2.04 bits per heavy atom. The Morgan fingerprint density at radius 3 is 2.89 bits per heavy atom. The number of aromatic nitrogens is 1. The van der Waals surface area contributed by atoms with Gasteiger partial charge in [0.15, 0.2) is 0 Å². The number of fused-ring (bicyclic) bond motifs is 1. The van der Waals surface area contributed by atoms with Crippen molar-refractivity contribution in [2.45, 2.75) is 32.6 Å². The third-order valence-electron chi connectivity index (χ3n) is 4.36. The van der Waals surface area contributed by atoms with E-state index in [-0.39, 0.29) is 5.91 Å². The van der Waals surface area contributed by atoms with E-state index in [1.54, 1.807) is 17.5 Å². The number of ether oxygens (including phenoxy) is 1. The van der Waals surface area contributed by atoms with Gasteiger partial charge in [0.25, 0.3) is 5.91 Å². The molecule has 0 fully saturated rings. The number of rotatable bonds is 7. The molecule has 0 N–H and O–H groups in total. The van der Waals surface area contributed by atoms with Gasteiger partial charge >= 0.3 is 0 Å². The highest BCUT2D eigenvalue weighted by molar-refractivity contribution is 7.16. The van der Waals surface area contributed by atoms with Gasteiger partial charge in [-0.05, 0) is 36.8 Å². The van der Waals surface area contributed by atoms with E-state index in [4.69, 9.17) is 4.74 Å². The van der Waals surface area contributed by atoms with E-state index in [1.165, 1.54) is 17.8 Å². The number of carbonyl (C=O) groups is 1. The second-order valence-electron chi connectivity index (χ2n) is 6.45. The molecule has 0 spiro atoms. The Kier molecular flexibility index (Phi) is 7.05. The highest BCUT2D eigenvalue weighted by Gasteiger charge is 2.15. The number of thiazole rings is 1. The van der Waals surface area contributed by atoms with E-state index < -0.39 is 0 Å². The minimum Gasteiger partial charge on any atom is -0.493 e. The maximum atomic E-state index is 12.9. The standard InChI is InChI=1S/C23H24N2O2S/c1-3-4-5-6-7-8-14-27-20-11-9-10-19(16-20)25(2)23(26)18-12-13-21-22(15-18)28-17-24-21/h9-13,15-17H,3-5,8,14H2,1-2H3. The molecule has 1 aromatic heterocycles. The van der Waals surface area contributed by atoms with Crippen molar-refractivity contribution in [3.8, 4) is 17.6 Å². The molecule has 3 aromatic rings. The average Bonchev–Trinajstić information content (AvgIpc) is 3.20. The lowest BCUT2D eigenvalue weighted by molar-refractivity contribution is 0.0993. The van der Waals surface area contributed by atoms with Crippen molar-refractivity contribution in [2.24, 2.45) is 0 Å². The zero-order valence-corrected chi connectivity index (χ0v) is 17.1. The molecule has 5 heteroatoms. The number of hydrogen-bond acceptors (Lipinski definition) is 4. The molecule has 0 unspecified atom stereocenters. The van der Waals surface area contributed by atoms with E-state index >= 15 is 0 Å². The van der Waals surface area contributed by atoms with Crippen LogP contribution in [0.5, 0.6) is 5.75 Å². The number of hydrogen-bond donors (Lipinski definition) is 0. The number of anilines is 1. The van der Waals surface area contributed by atoms with E-state index in [1.807, 2.05) is 42.5 Å².